The van der Waals surface area contributed by atoms with Gasteiger partial charge in [-0.3, -0.25) is 4.79 Å². The van der Waals surface area contributed by atoms with Gasteiger partial charge >= 0.3 is 5.97 Å². The van der Waals surface area contributed by atoms with Crippen LogP contribution in [0.4, 0.5) is 0 Å². The molecule has 0 saturated heterocycles. The van der Waals surface area contributed by atoms with Crippen LogP contribution in [-0.2, 0) is 9.53 Å². The molecule has 5 heteroatoms. The number of fused-ring (bicyclic) bond motifs is 1. The number of halogens is 1. The molecule has 0 fully saturated rings. The van der Waals surface area contributed by atoms with Crippen LogP contribution < -0.4 is 5.73 Å². The molecule has 0 aliphatic carbocycles. The summed E-state index contributed by atoms with van der Waals surface area (Å²) in [5.74, 6) is -0.512. The second-order valence-corrected chi connectivity index (χ2v) is 7.20. The van der Waals surface area contributed by atoms with Crippen molar-refractivity contribution in [1.29, 1.82) is 0 Å². The number of ether oxygens (including phenoxy) is 1. The average Bonchev–Trinajstić information content (AvgIpc) is 2.77. The van der Waals surface area contributed by atoms with Crippen molar-refractivity contribution in [2.45, 2.75) is 45.3 Å². The minimum absolute atomic E-state index is 0.136. The lowest BCUT2D eigenvalue weighted by Crippen LogP contribution is -2.40. The third-order valence-corrected chi connectivity index (χ3v) is 3.88. The van der Waals surface area contributed by atoms with E-state index in [9.17, 15) is 4.79 Å². The molecule has 0 spiro atoms. The first kappa shape index (κ1) is 16.0. The molecule has 0 amide bonds. The Kier molecular flexibility index (Phi) is 4.44. The number of benzene rings is 1. The van der Waals surface area contributed by atoms with Crippen LogP contribution >= 0.6 is 15.9 Å². The number of aromatic nitrogens is 1. The van der Waals surface area contributed by atoms with E-state index in [1.54, 1.807) is 0 Å². The molecule has 0 radical (unpaired) electrons. The molecule has 2 rings (SSSR count). The molecule has 21 heavy (non-hydrogen) atoms. The van der Waals surface area contributed by atoms with E-state index < -0.39 is 11.6 Å². The van der Waals surface area contributed by atoms with E-state index in [1.165, 1.54) is 0 Å². The normalized spacial score (nSPS) is 15.0. The maximum absolute atomic E-state index is 12.1. The summed E-state index contributed by atoms with van der Waals surface area (Å²) in [5.41, 5.74) is 7.60. The summed E-state index contributed by atoms with van der Waals surface area (Å²) in [7, 11) is 0. The van der Waals surface area contributed by atoms with Crippen LogP contribution in [0, 0.1) is 0 Å². The number of nitrogens with two attached hydrogens (primary N) is 1. The molecule has 2 aromatic rings. The third kappa shape index (κ3) is 3.66. The number of aromatic amines is 1. The Balaban J connectivity index is 2.27. The zero-order valence-corrected chi connectivity index (χ0v) is 14.3. The Hall–Kier alpha value is -1.33. The van der Waals surface area contributed by atoms with Crippen molar-refractivity contribution in [2.24, 2.45) is 5.73 Å². The van der Waals surface area contributed by atoms with Crippen molar-refractivity contribution in [2.75, 3.05) is 0 Å². The molecule has 114 valence electrons. The molecule has 4 nitrogen and oxygen atoms in total. The Morgan fingerprint density at radius 2 is 2.05 bits per heavy atom. The number of esters is 1. The molecule has 0 unspecified atom stereocenters. The van der Waals surface area contributed by atoms with Crippen LogP contribution in [0.1, 0.15) is 39.2 Å². The first-order valence-electron chi connectivity index (χ1n) is 6.94. The van der Waals surface area contributed by atoms with E-state index in [-0.39, 0.29) is 11.9 Å². The molecule has 0 aliphatic rings. The van der Waals surface area contributed by atoms with E-state index in [1.807, 2.05) is 52.1 Å². The van der Waals surface area contributed by atoms with E-state index in [0.29, 0.717) is 0 Å². The van der Waals surface area contributed by atoms with Gasteiger partial charge in [0.25, 0.3) is 0 Å². The summed E-state index contributed by atoms with van der Waals surface area (Å²) in [4.78, 5) is 15.3. The predicted octanol–water partition coefficient (Wildman–Crippen LogP) is 3.70. The van der Waals surface area contributed by atoms with Gasteiger partial charge in [0.15, 0.2) is 0 Å². The lowest BCUT2D eigenvalue weighted by molar-refractivity contribution is -0.156. The number of carbonyl (C=O) groups excluding carboxylic acids is 1. The van der Waals surface area contributed by atoms with E-state index in [2.05, 4.69) is 20.9 Å². The van der Waals surface area contributed by atoms with Crippen LogP contribution in [0.5, 0.6) is 0 Å². The number of hydrogen-bond acceptors (Lipinski definition) is 3. The highest BCUT2D eigenvalue weighted by atomic mass is 79.9. The maximum Gasteiger partial charge on any atom is 0.324 e. The topological polar surface area (TPSA) is 68.1 Å². The van der Waals surface area contributed by atoms with Crippen LogP contribution in [0.2, 0.25) is 0 Å². The minimum atomic E-state index is -0.692. The number of nitrogens with one attached hydrogen (secondary N) is 1. The molecule has 0 aliphatic heterocycles. The Morgan fingerprint density at radius 3 is 2.67 bits per heavy atom. The Labute approximate surface area is 133 Å². The molecular formula is C16H21BrN2O2. The summed E-state index contributed by atoms with van der Waals surface area (Å²) in [6, 6.07) is 5.30. The molecular weight excluding hydrogens is 332 g/mol. The summed E-state index contributed by atoms with van der Waals surface area (Å²) < 4.78 is 6.37. The van der Waals surface area contributed by atoms with Crippen LogP contribution in [0.3, 0.4) is 0 Å². The second-order valence-electron chi connectivity index (χ2n) is 6.28. The van der Waals surface area contributed by atoms with Gasteiger partial charge in [-0.2, -0.15) is 0 Å². The number of hydrogen-bond donors (Lipinski definition) is 2. The zero-order valence-electron chi connectivity index (χ0n) is 12.7. The van der Waals surface area contributed by atoms with Crippen molar-refractivity contribution < 1.29 is 9.53 Å². The summed E-state index contributed by atoms with van der Waals surface area (Å²) in [6.07, 6.45) is 1.91. The van der Waals surface area contributed by atoms with Crippen LogP contribution in [0.15, 0.2) is 28.9 Å². The molecule has 2 atom stereocenters. The van der Waals surface area contributed by atoms with Crippen LogP contribution in [-0.4, -0.2) is 22.6 Å². The van der Waals surface area contributed by atoms with Crippen molar-refractivity contribution in [3.63, 3.8) is 0 Å². The fourth-order valence-corrected chi connectivity index (χ4v) is 2.62. The van der Waals surface area contributed by atoms with Gasteiger partial charge in [-0.15, -0.1) is 0 Å². The minimum Gasteiger partial charge on any atom is -0.459 e. The average molecular weight is 353 g/mol. The van der Waals surface area contributed by atoms with Gasteiger partial charge in [-0.1, -0.05) is 22.9 Å². The Morgan fingerprint density at radius 1 is 1.38 bits per heavy atom. The number of carbonyl (C=O) groups is 1. The molecule has 1 aromatic heterocycles. The monoisotopic (exact) mass is 352 g/mol. The molecule has 1 heterocycles. The van der Waals surface area contributed by atoms with Gasteiger partial charge in [-0.25, -0.2) is 0 Å². The molecule has 0 saturated carbocycles. The standard InChI is InChI=1S/C16H21BrN2O2/c1-9(14(18)15(20)21-16(2,3)4)12-8-19-13-6-5-10(17)7-11(12)13/h5-9,14,19H,18H2,1-4H3/t9-,14+/m0/s1. The van der Waals surface area contributed by atoms with Crippen molar-refractivity contribution in [3.05, 3.63) is 34.4 Å². The van der Waals surface area contributed by atoms with E-state index in [0.717, 1.165) is 20.9 Å². The van der Waals surface area contributed by atoms with Gasteiger partial charge < -0.3 is 15.5 Å². The molecule has 1 aromatic carbocycles. The van der Waals surface area contributed by atoms with Crippen molar-refractivity contribution >= 4 is 32.8 Å². The quantitative estimate of drug-likeness (QED) is 0.827. The van der Waals surface area contributed by atoms with Gasteiger partial charge in [-0.05, 0) is 44.5 Å². The first-order valence-corrected chi connectivity index (χ1v) is 7.73. The van der Waals surface area contributed by atoms with Crippen molar-refractivity contribution in [1.82, 2.24) is 4.98 Å². The third-order valence-electron chi connectivity index (χ3n) is 3.38. The Bertz CT molecular complexity index is 658. The maximum atomic E-state index is 12.1. The fraction of sp³-hybridized carbons (Fsp3) is 0.438. The molecule has 3 N–H and O–H groups in total. The van der Waals surface area contributed by atoms with Crippen molar-refractivity contribution in [3.8, 4) is 0 Å². The largest absolute Gasteiger partial charge is 0.459 e. The smallest absolute Gasteiger partial charge is 0.324 e. The predicted molar refractivity (Wildman–Crippen MR) is 88.2 cm³/mol. The summed E-state index contributed by atoms with van der Waals surface area (Å²) in [5, 5.41) is 1.07. The zero-order chi connectivity index (χ0) is 15.8. The second kappa shape index (κ2) is 5.81. The molecule has 0 bridgehead atoms. The summed E-state index contributed by atoms with van der Waals surface area (Å²) in [6.45, 7) is 7.46. The van der Waals surface area contributed by atoms with Crippen LogP contribution in [0.25, 0.3) is 10.9 Å². The van der Waals surface area contributed by atoms with Gasteiger partial charge in [0, 0.05) is 27.5 Å². The highest BCUT2D eigenvalue weighted by Crippen LogP contribution is 2.30. The highest BCUT2D eigenvalue weighted by molar-refractivity contribution is 9.10. The van der Waals surface area contributed by atoms with E-state index >= 15 is 0 Å². The number of rotatable bonds is 3. The van der Waals surface area contributed by atoms with Gasteiger partial charge in [0.2, 0.25) is 0 Å². The van der Waals surface area contributed by atoms with Gasteiger partial charge in [0.1, 0.15) is 11.6 Å². The SMILES string of the molecule is C[C@@H](c1c[nH]c2ccc(Br)cc12)[C@@H](N)C(=O)OC(C)(C)C. The lowest BCUT2D eigenvalue weighted by atomic mass is 9.93. The fourth-order valence-electron chi connectivity index (χ4n) is 2.26. The van der Waals surface area contributed by atoms with Gasteiger partial charge in [0.05, 0.1) is 0 Å². The lowest BCUT2D eigenvalue weighted by Gasteiger charge is -2.25. The summed E-state index contributed by atoms with van der Waals surface area (Å²) >= 11 is 3.47. The van der Waals surface area contributed by atoms with E-state index in [4.69, 9.17) is 10.5 Å². The first-order chi connectivity index (χ1) is 9.69. The highest BCUT2D eigenvalue weighted by Gasteiger charge is 2.28. The number of H-pyrrole nitrogens is 1.